The van der Waals surface area contributed by atoms with Crippen molar-refractivity contribution in [3.8, 4) is 5.75 Å². The average molecular weight is 392 g/mol. The van der Waals surface area contributed by atoms with Gasteiger partial charge in [0.2, 0.25) is 10.0 Å². The number of phenols is 1. The Kier molecular flexibility index (Phi) is 6.21. The second-order valence-corrected chi connectivity index (χ2v) is 7.13. The van der Waals surface area contributed by atoms with Crippen LogP contribution in [0.15, 0.2) is 58.5 Å². The number of benzene rings is 2. The minimum Gasteiger partial charge on any atom is -0.508 e. The predicted molar refractivity (Wildman–Crippen MR) is 96.7 cm³/mol. The molecule has 27 heavy (non-hydrogen) atoms. The molecule has 0 spiro atoms. The molecule has 0 saturated carbocycles. The molecule has 2 aromatic rings. The summed E-state index contributed by atoms with van der Waals surface area (Å²) in [6.07, 6.45) is 1.33. The molecule has 0 saturated heterocycles. The fourth-order valence-corrected chi connectivity index (χ4v) is 3.13. The van der Waals surface area contributed by atoms with Gasteiger partial charge in [0.15, 0.2) is 0 Å². The van der Waals surface area contributed by atoms with E-state index in [1.54, 1.807) is 12.1 Å². The Morgan fingerprint density at radius 2 is 1.78 bits per heavy atom. The smallest absolute Gasteiger partial charge is 0.269 e. The Morgan fingerprint density at radius 3 is 2.33 bits per heavy atom. The van der Waals surface area contributed by atoms with E-state index in [1.165, 1.54) is 25.3 Å². The largest absolute Gasteiger partial charge is 0.508 e. The number of amides is 1. The van der Waals surface area contributed by atoms with Crippen LogP contribution in [0.5, 0.6) is 5.75 Å². The molecule has 0 aliphatic carbocycles. The SMILES string of the molecule is C[C@H](NS(=O)(=O)c1ccc([N+](=O)[O-])cc1)C(=O)NN=Cc1ccc(O)cc1. The van der Waals surface area contributed by atoms with Crippen LogP contribution in [0.3, 0.4) is 0 Å². The molecule has 0 unspecified atom stereocenters. The topological polar surface area (TPSA) is 151 Å². The number of nitrogens with one attached hydrogen (secondary N) is 2. The number of hydrogen-bond donors (Lipinski definition) is 3. The van der Waals surface area contributed by atoms with Crippen LogP contribution in [-0.2, 0) is 14.8 Å². The summed E-state index contributed by atoms with van der Waals surface area (Å²) in [5, 5.41) is 23.5. The molecule has 142 valence electrons. The third-order valence-electron chi connectivity index (χ3n) is 3.36. The monoisotopic (exact) mass is 392 g/mol. The lowest BCUT2D eigenvalue weighted by molar-refractivity contribution is -0.384. The highest BCUT2D eigenvalue weighted by Gasteiger charge is 2.22. The summed E-state index contributed by atoms with van der Waals surface area (Å²) in [4.78, 5) is 21.7. The van der Waals surface area contributed by atoms with Crippen molar-refractivity contribution in [2.24, 2.45) is 5.10 Å². The Hall–Kier alpha value is -3.31. The van der Waals surface area contributed by atoms with Gasteiger partial charge in [0.25, 0.3) is 11.6 Å². The third kappa shape index (κ3) is 5.59. The van der Waals surface area contributed by atoms with Gasteiger partial charge in [-0.15, -0.1) is 0 Å². The standard InChI is InChI=1S/C16H16N4O6S/c1-11(16(22)18-17-10-12-2-6-14(21)7-3-12)19-27(25,26)15-8-4-13(5-9-15)20(23)24/h2-11,19,21H,1H3,(H,18,22)/t11-/m0/s1. The highest BCUT2D eigenvalue weighted by atomic mass is 32.2. The van der Waals surface area contributed by atoms with Crippen LogP contribution in [0, 0.1) is 10.1 Å². The first kappa shape index (κ1) is 20.0. The summed E-state index contributed by atoms with van der Waals surface area (Å²) in [7, 11) is -4.04. The minimum absolute atomic E-state index is 0.0884. The van der Waals surface area contributed by atoms with E-state index in [-0.39, 0.29) is 16.3 Å². The second-order valence-electron chi connectivity index (χ2n) is 5.42. The number of carbonyl (C=O) groups is 1. The normalized spacial score (nSPS) is 12.6. The van der Waals surface area contributed by atoms with Crippen LogP contribution in [0.4, 0.5) is 5.69 Å². The van der Waals surface area contributed by atoms with Crippen LogP contribution in [0.2, 0.25) is 0 Å². The van der Waals surface area contributed by atoms with Gasteiger partial charge in [-0.25, -0.2) is 13.8 Å². The molecular weight excluding hydrogens is 376 g/mol. The maximum Gasteiger partial charge on any atom is 0.269 e. The summed E-state index contributed by atoms with van der Waals surface area (Å²) in [6, 6.07) is 9.18. The number of non-ortho nitro benzene ring substituents is 1. The van der Waals surface area contributed by atoms with Gasteiger partial charge in [-0.2, -0.15) is 9.82 Å². The van der Waals surface area contributed by atoms with Crippen molar-refractivity contribution in [1.82, 2.24) is 10.1 Å². The van der Waals surface area contributed by atoms with Gasteiger partial charge in [-0.3, -0.25) is 14.9 Å². The minimum atomic E-state index is -4.04. The molecule has 11 heteroatoms. The lowest BCUT2D eigenvalue weighted by Crippen LogP contribution is -2.43. The molecule has 0 bridgehead atoms. The highest BCUT2D eigenvalue weighted by molar-refractivity contribution is 7.89. The molecule has 2 aromatic carbocycles. The van der Waals surface area contributed by atoms with E-state index in [1.807, 2.05) is 0 Å². The molecule has 1 atom stereocenters. The highest BCUT2D eigenvalue weighted by Crippen LogP contribution is 2.16. The lowest BCUT2D eigenvalue weighted by atomic mass is 10.2. The maximum absolute atomic E-state index is 12.2. The van der Waals surface area contributed by atoms with Gasteiger partial charge in [0.05, 0.1) is 22.1 Å². The fourth-order valence-electron chi connectivity index (χ4n) is 1.93. The van der Waals surface area contributed by atoms with Gasteiger partial charge in [-0.05, 0) is 48.9 Å². The summed E-state index contributed by atoms with van der Waals surface area (Å²) >= 11 is 0. The Bertz CT molecular complexity index is 955. The molecule has 0 aliphatic heterocycles. The van der Waals surface area contributed by atoms with Crippen molar-refractivity contribution in [3.05, 3.63) is 64.2 Å². The summed E-state index contributed by atoms with van der Waals surface area (Å²) < 4.78 is 26.6. The van der Waals surface area contributed by atoms with Crippen molar-refractivity contribution in [2.75, 3.05) is 0 Å². The molecular formula is C16H16N4O6S. The van der Waals surface area contributed by atoms with Crippen molar-refractivity contribution < 1.29 is 23.2 Å². The van der Waals surface area contributed by atoms with Crippen LogP contribution in [0.25, 0.3) is 0 Å². The summed E-state index contributed by atoms with van der Waals surface area (Å²) in [5.41, 5.74) is 2.57. The molecule has 0 aromatic heterocycles. The summed E-state index contributed by atoms with van der Waals surface area (Å²) in [6.45, 7) is 1.33. The quantitative estimate of drug-likeness (QED) is 0.365. The Balaban J connectivity index is 1.97. The predicted octanol–water partition coefficient (Wildman–Crippen LogP) is 1.12. The van der Waals surface area contributed by atoms with Gasteiger partial charge >= 0.3 is 0 Å². The van der Waals surface area contributed by atoms with Crippen molar-refractivity contribution in [1.29, 1.82) is 0 Å². The molecule has 0 fully saturated rings. The van der Waals surface area contributed by atoms with Gasteiger partial charge in [0.1, 0.15) is 5.75 Å². The third-order valence-corrected chi connectivity index (χ3v) is 4.92. The number of nitro groups is 1. The molecule has 10 nitrogen and oxygen atoms in total. The fraction of sp³-hybridized carbons (Fsp3) is 0.125. The number of nitrogens with zero attached hydrogens (tertiary/aromatic N) is 2. The van der Waals surface area contributed by atoms with Crippen molar-refractivity contribution in [2.45, 2.75) is 17.9 Å². The van der Waals surface area contributed by atoms with Crippen LogP contribution in [0.1, 0.15) is 12.5 Å². The van der Waals surface area contributed by atoms with Gasteiger partial charge in [0, 0.05) is 12.1 Å². The average Bonchev–Trinajstić information content (AvgIpc) is 2.63. The number of carbonyl (C=O) groups excluding carboxylic acids is 1. The number of phenolic OH excluding ortho intramolecular Hbond substituents is 1. The second kappa shape index (κ2) is 8.38. The van der Waals surface area contributed by atoms with E-state index in [9.17, 15) is 28.4 Å². The van der Waals surface area contributed by atoms with Gasteiger partial charge < -0.3 is 5.11 Å². The van der Waals surface area contributed by atoms with E-state index < -0.39 is 26.9 Å². The zero-order valence-corrected chi connectivity index (χ0v) is 14.9. The first-order valence-electron chi connectivity index (χ1n) is 7.58. The van der Waals surface area contributed by atoms with Gasteiger partial charge in [-0.1, -0.05) is 0 Å². The molecule has 0 heterocycles. The zero-order chi connectivity index (χ0) is 20.0. The lowest BCUT2D eigenvalue weighted by Gasteiger charge is -2.12. The van der Waals surface area contributed by atoms with E-state index in [4.69, 9.17) is 0 Å². The number of sulfonamides is 1. The number of rotatable bonds is 7. The van der Waals surface area contributed by atoms with Crippen molar-refractivity contribution in [3.63, 3.8) is 0 Å². The van der Waals surface area contributed by atoms with Crippen LogP contribution in [-0.4, -0.2) is 36.6 Å². The zero-order valence-electron chi connectivity index (χ0n) is 14.1. The van der Waals surface area contributed by atoms with E-state index >= 15 is 0 Å². The Morgan fingerprint density at radius 1 is 1.19 bits per heavy atom. The Labute approximate surface area is 154 Å². The van der Waals surface area contributed by atoms with Crippen molar-refractivity contribution >= 4 is 27.8 Å². The first-order valence-corrected chi connectivity index (χ1v) is 9.06. The summed E-state index contributed by atoms with van der Waals surface area (Å²) in [5.74, 6) is -0.610. The first-order chi connectivity index (χ1) is 12.7. The molecule has 1 amide bonds. The molecule has 3 N–H and O–H groups in total. The number of hydrogen-bond acceptors (Lipinski definition) is 7. The molecule has 0 aliphatic rings. The van der Waals surface area contributed by atoms with Crippen LogP contribution >= 0.6 is 0 Å². The number of hydrazone groups is 1. The number of aromatic hydroxyl groups is 1. The van der Waals surface area contributed by atoms with E-state index in [2.05, 4.69) is 15.2 Å². The molecule has 0 radical (unpaired) electrons. The van der Waals surface area contributed by atoms with Crippen LogP contribution < -0.4 is 10.1 Å². The van der Waals surface area contributed by atoms with E-state index in [0.29, 0.717) is 5.56 Å². The molecule has 2 rings (SSSR count). The number of nitro benzene ring substituents is 1. The van der Waals surface area contributed by atoms with E-state index in [0.717, 1.165) is 24.3 Å². The maximum atomic E-state index is 12.2.